The predicted molar refractivity (Wildman–Crippen MR) is 86.7 cm³/mol. The first-order valence-corrected chi connectivity index (χ1v) is 8.91. The first-order valence-electron chi connectivity index (χ1n) is 8.91. The molecule has 4 nitrogen and oxygen atoms in total. The number of ether oxygens (including phenoxy) is 1. The van der Waals surface area contributed by atoms with Crippen LogP contribution in [0.1, 0.15) is 65.7 Å². The van der Waals surface area contributed by atoms with E-state index < -0.39 is 35.9 Å². The van der Waals surface area contributed by atoms with Gasteiger partial charge in [0.1, 0.15) is 6.04 Å². The van der Waals surface area contributed by atoms with Gasteiger partial charge in [0.25, 0.3) is 0 Å². The minimum absolute atomic E-state index is 0.0312. The van der Waals surface area contributed by atoms with Crippen molar-refractivity contribution >= 4 is 11.9 Å². The van der Waals surface area contributed by atoms with Crippen molar-refractivity contribution in [2.45, 2.75) is 83.9 Å². The number of esters is 1. The molecule has 1 amide bonds. The van der Waals surface area contributed by atoms with E-state index in [0.717, 1.165) is 32.1 Å². The molecule has 0 aliphatic carbocycles. The average molecular weight is 389 g/mol. The van der Waals surface area contributed by atoms with Gasteiger partial charge >= 0.3 is 24.0 Å². The van der Waals surface area contributed by atoms with E-state index in [4.69, 9.17) is 4.74 Å². The number of unbranched alkanes of at least 4 members (excludes halogenated alkanes) is 5. The molecule has 9 heteroatoms. The number of carbonyl (C=O) groups is 2. The van der Waals surface area contributed by atoms with Gasteiger partial charge < -0.3 is 10.1 Å². The molecule has 0 fully saturated rings. The van der Waals surface area contributed by atoms with E-state index in [-0.39, 0.29) is 13.0 Å². The normalized spacial score (nSPS) is 14.6. The Hall–Kier alpha value is -1.41. The van der Waals surface area contributed by atoms with Gasteiger partial charge in [0, 0.05) is 0 Å². The first-order chi connectivity index (χ1) is 12.0. The number of rotatable bonds is 12. The lowest BCUT2D eigenvalue weighted by Gasteiger charge is -2.26. The fraction of sp³-hybridized carbons (Fsp3) is 0.882. The largest absolute Gasteiger partial charge is 0.464 e. The van der Waals surface area contributed by atoms with E-state index in [0.29, 0.717) is 6.42 Å². The number of hydrogen-bond donors (Lipinski definition) is 1. The molecule has 0 aliphatic heterocycles. The molecule has 1 N–H and O–H groups in total. The van der Waals surface area contributed by atoms with E-state index in [1.165, 1.54) is 12.2 Å². The Morgan fingerprint density at radius 3 is 2.00 bits per heavy atom. The minimum atomic E-state index is -6.03. The van der Waals surface area contributed by atoms with Crippen molar-refractivity contribution in [3.63, 3.8) is 0 Å². The molecule has 0 aromatic rings. The number of nitrogens with one attached hydrogen (secondary N) is 1. The van der Waals surface area contributed by atoms with Crippen LogP contribution in [-0.2, 0) is 14.3 Å². The van der Waals surface area contributed by atoms with Crippen LogP contribution in [0.3, 0.4) is 0 Å². The van der Waals surface area contributed by atoms with Gasteiger partial charge in [-0.15, -0.1) is 0 Å². The molecule has 0 saturated heterocycles. The number of amides is 1. The predicted octanol–water partition coefficient (Wildman–Crippen LogP) is 4.62. The van der Waals surface area contributed by atoms with E-state index in [1.54, 1.807) is 6.92 Å². The molecule has 0 rings (SSSR count). The smallest absolute Gasteiger partial charge is 0.463 e. The minimum Gasteiger partial charge on any atom is -0.464 e. The maximum absolute atomic E-state index is 13.1. The Bertz CT molecular complexity index is 441. The lowest BCUT2D eigenvalue weighted by molar-refractivity contribution is -0.270. The first kappa shape index (κ1) is 24.6. The summed E-state index contributed by atoms with van der Waals surface area (Å²) >= 11 is 0. The number of hydrogen-bond acceptors (Lipinski definition) is 3. The van der Waals surface area contributed by atoms with Crippen LogP contribution >= 0.6 is 0 Å². The van der Waals surface area contributed by atoms with Crippen molar-refractivity contribution in [3.8, 4) is 0 Å². The van der Waals surface area contributed by atoms with Gasteiger partial charge in [0.05, 0.1) is 6.61 Å². The van der Waals surface area contributed by atoms with Crippen molar-refractivity contribution in [1.82, 2.24) is 5.32 Å². The highest BCUT2D eigenvalue weighted by Crippen LogP contribution is 2.35. The molecule has 154 valence electrons. The Morgan fingerprint density at radius 1 is 0.962 bits per heavy atom. The van der Waals surface area contributed by atoms with Crippen LogP contribution in [0.4, 0.5) is 22.0 Å². The summed E-state index contributed by atoms with van der Waals surface area (Å²) in [4.78, 5) is 23.4. The fourth-order valence-corrected chi connectivity index (χ4v) is 2.17. The standard InChI is InChI=1S/C17H28F5NO3/c1-4-6-7-8-9-10-11-26-14(24)13(12(3)5-2)23-15(25)16(18,19)17(20,21)22/h12-13H,4-11H2,1-3H3,(H,23,25). The van der Waals surface area contributed by atoms with Crippen molar-refractivity contribution in [3.05, 3.63) is 0 Å². The van der Waals surface area contributed by atoms with Crippen LogP contribution in [0, 0.1) is 5.92 Å². The molecular formula is C17H28F5NO3. The fourth-order valence-electron chi connectivity index (χ4n) is 2.17. The van der Waals surface area contributed by atoms with Gasteiger partial charge in [-0.25, -0.2) is 4.79 Å². The molecule has 0 aromatic heterocycles. The van der Waals surface area contributed by atoms with Crippen LogP contribution < -0.4 is 5.32 Å². The van der Waals surface area contributed by atoms with Crippen molar-refractivity contribution in [1.29, 1.82) is 0 Å². The number of alkyl halides is 5. The maximum Gasteiger partial charge on any atom is 0.463 e. The summed E-state index contributed by atoms with van der Waals surface area (Å²) in [7, 11) is 0. The van der Waals surface area contributed by atoms with Gasteiger partial charge in [-0.2, -0.15) is 22.0 Å². The van der Waals surface area contributed by atoms with Crippen molar-refractivity contribution in [2.75, 3.05) is 6.61 Å². The molecule has 0 saturated carbocycles. The number of halogens is 5. The zero-order valence-electron chi connectivity index (χ0n) is 15.4. The highest BCUT2D eigenvalue weighted by Gasteiger charge is 2.63. The third kappa shape index (κ3) is 7.86. The Labute approximate surface area is 150 Å². The molecule has 0 radical (unpaired) electrons. The molecule has 2 unspecified atom stereocenters. The summed E-state index contributed by atoms with van der Waals surface area (Å²) in [6.07, 6.45) is -0.135. The zero-order valence-corrected chi connectivity index (χ0v) is 15.4. The summed E-state index contributed by atoms with van der Waals surface area (Å²) in [6.45, 7) is 5.19. The number of carbonyl (C=O) groups excluding carboxylic acids is 2. The van der Waals surface area contributed by atoms with E-state index in [2.05, 4.69) is 6.92 Å². The summed E-state index contributed by atoms with van der Waals surface area (Å²) in [5.74, 6) is -9.77. The lowest BCUT2D eigenvalue weighted by Crippen LogP contribution is -2.56. The Morgan fingerprint density at radius 2 is 1.50 bits per heavy atom. The molecule has 0 spiro atoms. The monoisotopic (exact) mass is 389 g/mol. The van der Waals surface area contributed by atoms with Crippen LogP contribution in [-0.4, -0.2) is 36.6 Å². The summed E-state index contributed by atoms with van der Waals surface area (Å²) in [5.41, 5.74) is 0. The maximum atomic E-state index is 13.1. The Balaban J connectivity index is 4.65. The quantitative estimate of drug-likeness (QED) is 0.301. The lowest BCUT2D eigenvalue weighted by atomic mass is 9.99. The Kier molecular flexibility index (Phi) is 10.7. The third-order valence-electron chi connectivity index (χ3n) is 4.14. The summed E-state index contributed by atoms with van der Waals surface area (Å²) in [6, 6.07) is -1.55. The van der Waals surface area contributed by atoms with Gasteiger partial charge in [0.2, 0.25) is 0 Å². The molecular weight excluding hydrogens is 361 g/mol. The topological polar surface area (TPSA) is 55.4 Å². The van der Waals surface area contributed by atoms with Gasteiger partial charge in [-0.3, -0.25) is 4.79 Å². The van der Waals surface area contributed by atoms with E-state index >= 15 is 0 Å². The molecule has 0 aliphatic rings. The zero-order chi connectivity index (χ0) is 20.4. The molecule has 0 aromatic carbocycles. The second kappa shape index (κ2) is 11.3. The van der Waals surface area contributed by atoms with Crippen LogP contribution in [0.25, 0.3) is 0 Å². The van der Waals surface area contributed by atoms with Crippen LogP contribution in [0.15, 0.2) is 0 Å². The highest BCUT2D eigenvalue weighted by molar-refractivity contribution is 5.89. The van der Waals surface area contributed by atoms with Crippen molar-refractivity contribution in [2.24, 2.45) is 5.92 Å². The highest BCUT2D eigenvalue weighted by atomic mass is 19.4. The summed E-state index contributed by atoms with van der Waals surface area (Å²) < 4.78 is 67.9. The van der Waals surface area contributed by atoms with Gasteiger partial charge in [0.15, 0.2) is 0 Å². The van der Waals surface area contributed by atoms with E-state index in [1.807, 2.05) is 0 Å². The molecule has 0 bridgehead atoms. The third-order valence-corrected chi connectivity index (χ3v) is 4.14. The van der Waals surface area contributed by atoms with E-state index in [9.17, 15) is 31.5 Å². The SMILES string of the molecule is CCCCCCCCOC(=O)C(NC(=O)C(F)(F)C(F)(F)F)C(C)CC. The average Bonchev–Trinajstić information content (AvgIpc) is 2.56. The van der Waals surface area contributed by atoms with Crippen LogP contribution in [0.2, 0.25) is 0 Å². The second-order valence-corrected chi connectivity index (χ2v) is 6.34. The summed E-state index contributed by atoms with van der Waals surface area (Å²) in [5, 5.41) is 1.50. The second-order valence-electron chi connectivity index (χ2n) is 6.34. The van der Waals surface area contributed by atoms with Gasteiger partial charge in [-0.1, -0.05) is 59.3 Å². The molecule has 26 heavy (non-hydrogen) atoms. The molecule has 0 heterocycles. The van der Waals surface area contributed by atoms with Gasteiger partial charge in [-0.05, 0) is 12.3 Å². The van der Waals surface area contributed by atoms with Crippen molar-refractivity contribution < 1.29 is 36.3 Å². The molecule has 2 atom stereocenters. The van der Waals surface area contributed by atoms with Crippen LogP contribution in [0.5, 0.6) is 0 Å².